The highest BCUT2D eigenvalue weighted by atomic mass is 15.1. The van der Waals surface area contributed by atoms with Crippen molar-refractivity contribution in [2.45, 2.75) is 0 Å². The van der Waals surface area contributed by atoms with E-state index >= 15 is 0 Å². The minimum atomic E-state index is 0.921. The Bertz CT molecular complexity index is 1970. The first-order valence-corrected chi connectivity index (χ1v) is 14.1. The maximum Gasteiger partial charge on any atom is 0.145 e. The first-order chi connectivity index (χ1) is 20.8. The van der Waals surface area contributed by atoms with E-state index < -0.39 is 0 Å². The molecule has 0 saturated heterocycles. The molecule has 3 nitrogen and oxygen atoms in total. The first kappa shape index (κ1) is 25.3. The van der Waals surface area contributed by atoms with Gasteiger partial charge in [0.2, 0.25) is 0 Å². The molecule has 0 amide bonds. The number of rotatable bonds is 7. The number of para-hydroxylation sites is 2. The van der Waals surface area contributed by atoms with Crippen LogP contribution in [0.25, 0.3) is 51.0 Å². The summed E-state index contributed by atoms with van der Waals surface area (Å²) < 4.78 is 2.26. The minimum Gasteiger partial charge on any atom is -0.324 e. The van der Waals surface area contributed by atoms with Gasteiger partial charge < -0.3 is 4.90 Å². The Morgan fingerprint density at radius 1 is 0.524 bits per heavy atom. The fourth-order valence-electron chi connectivity index (χ4n) is 5.26. The lowest BCUT2D eigenvalue weighted by molar-refractivity contribution is 1.11. The van der Waals surface area contributed by atoms with Crippen molar-refractivity contribution in [2.75, 3.05) is 4.90 Å². The maximum absolute atomic E-state index is 5.09. The lowest BCUT2D eigenvalue weighted by atomic mass is 10.1. The zero-order chi connectivity index (χ0) is 28.1. The molecule has 0 fully saturated rings. The van der Waals surface area contributed by atoms with Crippen LogP contribution in [0.15, 0.2) is 164 Å². The zero-order valence-electron chi connectivity index (χ0n) is 23.1. The Balaban J connectivity index is 1.28. The molecule has 0 aliphatic carbocycles. The van der Waals surface area contributed by atoms with E-state index in [0.717, 1.165) is 44.9 Å². The predicted octanol–water partition coefficient (Wildman–Crippen LogP) is 9.99. The largest absolute Gasteiger partial charge is 0.324 e. The highest BCUT2D eigenvalue weighted by molar-refractivity contribution is 5.88. The second-order valence-corrected chi connectivity index (χ2v) is 10.2. The zero-order valence-corrected chi connectivity index (χ0v) is 23.1. The summed E-state index contributed by atoms with van der Waals surface area (Å²) in [4.78, 5) is 7.24. The van der Waals surface area contributed by atoms with Crippen LogP contribution in [0.1, 0.15) is 11.1 Å². The van der Waals surface area contributed by atoms with E-state index in [2.05, 4.69) is 167 Å². The van der Waals surface area contributed by atoms with Gasteiger partial charge in [0.1, 0.15) is 5.82 Å². The lowest BCUT2D eigenvalue weighted by Crippen LogP contribution is -2.06. The van der Waals surface area contributed by atoms with Crippen molar-refractivity contribution < 1.29 is 0 Å². The minimum absolute atomic E-state index is 0.921. The second kappa shape index (κ2) is 11.4. The number of aromatic nitrogens is 2. The quantitative estimate of drug-likeness (QED) is 0.201. The molecular formula is C39H29N3. The molecule has 42 heavy (non-hydrogen) atoms. The smallest absolute Gasteiger partial charge is 0.145 e. The summed E-state index contributed by atoms with van der Waals surface area (Å²) in [5.41, 5.74) is 7.58. The Morgan fingerprint density at radius 3 is 1.81 bits per heavy atom. The second-order valence-electron chi connectivity index (χ2n) is 10.2. The lowest BCUT2D eigenvalue weighted by Gasteiger charge is -2.17. The van der Waals surface area contributed by atoms with Gasteiger partial charge in [0.15, 0.2) is 0 Å². The maximum atomic E-state index is 5.09. The van der Waals surface area contributed by atoms with Crippen molar-refractivity contribution in [3.63, 3.8) is 0 Å². The summed E-state index contributed by atoms with van der Waals surface area (Å²) in [6, 6.07) is 52.8. The average molecular weight is 540 g/mol. The van der Waals surface area contributed by atoms with E-state index in [0.29, 0.717) is 0 Å². The number of benzene rings is 6. The molecule has 0 unspecified atom stereocenters. The highest BCUT2D eigenvalue weighted by Gasteiger charge is 2.15. The summed E-state index contributed by atoms with van der Waals surface area (Å²) in [6.45, 7) is 0. The molecule has 0 saturated carbocycles. The van der Waals surface area contributed by atoms with E-state index in [1.165, 1.54) is 10.8 Å². The van der Waals surface area contributed by atoms with E-state index in [-0.39, 0.29) is 0 Å². The molecule has 0 N–H and O–H groups in total. The number of anilines is 1. The van der Waals surface area contributed by atoms with Crippen LogP contribution >= 0.6 is 0 Å². The van der Waals surface area contributed by atoms with Crippen LogP contribution in [-0.4, -0.2) is 9.55 Å². The van der Waals surface area contributed by atoms with Crippen LogP contribution in [0, 0.1) is 0 Å². The fourth-order valence-corrected chi connectivity index (χ4v) is 5.26. The normalized spacial score (nSPS) is 11.6. The summed E-state index contributed by atoms with van der Waals surface area (Å²) in [5, 5.41) is 2.43. The van der Waals surface area contributed by atoms with E-state index in [4.69, 9.17) is 4.98 Å². The van der Waals surface area contributed by atoms with Gasteiger partial charge in [-0.15, -0.1) is 0 Å². The first-order valence-electron chi connectivity index (χ1n) is 14.1. The molecule has 0 atom stereocenters. The molecule has 7 rings (SSSR count). The standard InChI is InChI=1S/C39H29N3/c1-3-11-30(12-4-1)25-27-41(28-26-31-13-5-2-6-14-31)35-22-20-33(21-23-35)39-40-37-17-9-10-18-38(37)42(39)36-24-19-32-15-7-8-16-34(32)29-36/h1-29H. The van der Waals surface area contributed by atoms with Crippen molar-refractivity contribution in [3.05, 3.63) is 175 Å². The molecule has 200 valence electrons. The number of hydrogen-bond acceptors (Lipinski definition) is 2. The van der Waals surface area contributed by atoms with Crippen molar-refractivity contribution >= 4 is 39.6 Å². The highest BCUT2D eigenvalue weighted by Crippen LogP contribution is 2.31. The van der Waals surface area contributed by atoms with E-state index in [9.17, 15) is 0 Å². The molecule has 6 aromatic carbocycles. The number of hydrogen-bond donors (Lipinski definition) is 0. The number of imidazole rings is 1. The van der Waals surface area contributed by atoms with Gasteiger partial charge in [-0.25, -0.2) is 4.98 Å². The molecule has 0 aliphatic heterocycles. The monoisotopic (exact) mass is 539 g/mol. The third-order valence-corrected chi connectivity index (χ3v) is 7.43. The van der Waals surface area contributed by atoms with Crippen LogP contribution in [0.2, 0.25) is 0 Å². The molecule has 7 aromatic rings. The Labute approximate surface area is 246 Å². The third-order valence-electron chi connectivity index (χ3n) is 7.43. The topological polar surface area (TPSA) is 21.1 Å². The van der Waals surface area contributed by atoms with Gasteiger partial charge in [0.05, 0.1) is 11.0 Å². The molecule has 1 aromatic heterocycles. The average Bonchev–Trinajstić information content (AvgIpc) is 3.45. The molecule has 0 aliphatic rings. The summed E-state index contributed by atoms with van der Waals surface area (Å²) >= 11 is 0. The van der Waals surface area contributed by atoms with Crippen molar-refractivity contribution in [2.24, 2.45) is 0 Å². The molecule has 0 spiro atoms. The van der Waals surface area contributed by atoms with Crippen LogP contribution in [0.5, 0.6) is 0 Å². The SMILES string of the molecule is C(=CN(C=Cc1ccccc1)c1ccc(-c2nc3ccccc3n2-c2ccc3ccccc3c2)cc1)c1ccccc1. The van der Waals surface area contributed by atoms with Crippen molar-refractivity contribution in [1.29, 1.82) is 0 Å². The van der Waals surface area contributed by atoms with Gasteiger partial charge in [-0.05, 0) is 82.6 Å². The van der Waals surface area contributed by atoms with Gasteiger partial charge in [-0.1, -0.05) is 103 Å². The Hall–Kier alpha value is -5.67. The Kier molecular flexibility index (Phi) is 6.89. The van der Waals surface area contributed by atoms with Crippen LogP contribution in [0.4, 0.5) is 5.69 Å². The summed E-state index contributed by atoms with van der Waals surface area (Å²) in [6.07, 6.45) is 8.47. The van der Waals surface area contributed by atoms with Gasteiger partial charge in [0.25, 0.3) is 0 Å². The van der Waals surface area contributed by atoms with E-state index in [1.807, 2.05) is 18.2 Å². The van der Waals surface area contributed by atoms with Crippen molar-refractivity contribution in [3.8, 4) is 17.1 Å². The van der Waals surface area contributed by atoms with Crippen LogP contribution in [0.3, 0.4) is 0 Å². The van der Waals surface area contributed by atoms with Crippen LogP contribution in [-0.2, 0) is 0 Å². The molecule has 1 heterocycles. The summed E-state index contributed by atoms with van der Waals surface area (Å²) in [7, 11) is 0. The fraction of sp³-hybridized carbons (Fsp3) is 0. The van der Waals surface area contributed by atoms with Gasteiger partial charge in [-0.2, -0.15) is 0 Å². The molecule has 3 heteroatoms. The molecule has 0 radical (unpaired) electrons. The number of fused-ring (bicyclic) bond motifs is 2. The van der Waals surface area contributed by atoms with Gasteiger partial charge in [-0.3, -0.25) is 4.57 Å². The summed E-state index contributed by atoms with van der Waals surface area (Å²) in [5.74, 6) is 0.921. The Morgan fingerprint density at radius 2 is 1.12 bits per heavy atom. The van der Waals surface area contributed by atoms with Crippen molar-refractivity contribution in [1.82, 2.24) is 9.55 Å². The predicted molar refractivity (Wildman–Crippen MR) is 177 cm³/mol. The van der Waals surface area contributed by atoms with Gasteiger partial charge >= 0.3 is 0 Å². The van der Waals surface area contributed by atoms with E-state index in [1.54, 1.807) is 0 Å². The van der Waals surface area contributed by atoms with Crippen LogP contribution < -0.4 is 4.90 Å². The number of nitrogens with zero attached hydrogens (tertiary/aromatic N) is 3. The molecule has 0 bridgehead atoms. The molecular weight excluding hydrogens is 510 g/mol. The van der Waals surface area contributed by atoms with Gasteiger partial charge in [0, 0.05) is 29.3 Å². The third kappa shape index (κ3) is 5.24.